The molecule has 3 rings (SSSR count). The fraction of sp³-hybridized carbons (Fsp3) is 0.200. The van der Waals surface area contributed by atoms with Crippen LogP contribution in [0.25, 0.3) is 10.8 Å². The van der Waals surface area contributed by atoms with E-state index in [1.807, 2.05) is 48.5 Å². The number of hydrogen-bond acceptors (Lipinski definition) is 3. The minimum Gasteiger partial charge on any atom is -0.497 e. The zero-order chi connectivity index (χ0) is 15.9. The number of benzene rings is 3. The van der Waals surface area contributed by atoms with Gasteiger partial charge in [0.05, 0.1) is 13.7 Å². The summed E-state index contributed by atoms with van der Waals surface area (Å²) in [5.74, 6) is 1.82. The highest BCUT2D eigenvalue weighted by atomic mass is 16.5. The Morgan fingerprint density at radius 1 is 0.870 bits per heavy atom. The Labute approximate surface area is 136 Å². The molecular weight excluding hydrogens is 286 g/mol. The van der Waals surface area contributed by atoms with Gasteiger partial charge in [-0.25, -0.2) is 0 Å². The van der Waals surface area contributed by atoms with Crippen molar-refractivity contribution in [2.45, 2.75) is 6.42 Å². The minimum absolute atomic E-state index is 0.692. The van der Waals surface area contributed by atoms with Crippen LogP contribution in [-0.4, -0.2) is 20.3 Å². The molecule has 0 aliphatic carbocycles. The van der Waals surface area contributed by atoms with Crippen molar-refractivity contribution in [1.29, 1.82) is 0 Å². The van der Waals surface area contributed by atoms with Gasteiger partial charge in [-0.3, -0.25) is 0 Å². The van der Waals surface area contributed by atoms with Gasteiger partial charge in [0, 0.05) is 17.6 Å². The lowest BCUT2D eigenvalue weighted by molar-refractivity contribution is 0.318. The molecule has 23 heavy (non-hydrogen) atoms. The van der Waals surface area contributed by atoms with Crippen molar-refractivity contribution >= 4 is 16.5 Å². The second-order valence-electron chi connectivity index (χ2n) is 5.33. The van der Waals surface area contributed by atoms with Gasteiger partial charge in [-0.05, 0) is 42.1 Å². The summed E-state index contributed by atoms with van der Waals surface area (Å²) in [5.41, 5.74) is 1.09. The Kier molecular flexibility index (Phi) is 4.99. The predicted molar refractivity (Wildman–Crippen MR) is 95.5 cm³/mol. The lowest BCUT2D eigenvalue weighted by atomic mass is 10.1. The monoisotopic (exact) mass is 307 g/mol. The molecule has 1 N–H and O–H groups in total. The molecule has 0 saturated carbocycles. The van der Waals surface area contributed by atoms with Gasteiger partial charge in [0.2, 0.25) is 0 Å². The van der Waals surface area contributed by atoms with Crippen molar-refractivity contribution < 1.29 is 9.47 Å². The first-order valence-electron chi connectivity index (χ1n) is 7.85. The summed E-state index contributed by atoms with van der Waals surface area (Å²) < 4.78 is 11.1. The first-order chi connectivity index (χ1) is 11.4. The molecule has 0 amide bonds. The molecule has 0 fully saturated rings. The second kappa shape index (κ2) is 7.54. The highest BCUT2D eigenvalue weighted by molar-refractivity contribution is 5.88. The van der Waals surface area contributed by atoms with Gasteiger partial charge in [-0.1, -0.05) is 36.4 Å². The molecule has 0 unspecified atom stereocenters. The van der Waals surface area contributed by atoms with Crippen molar-refractivity contribution in [3.63, 3.8) is 0 Å². The van der Waals surface area contributed by atoms with Crippen LogP contribution in [0.1, 0.15) is 6.42 Å². The lowest BCUT2D eigenvalue weighted by Crippen LogP contribution is -2.07. The summed E-state index contributed by atoms with van der Waals surface area (Å²) >= 11 is 0. The van der Waals surface area contributed by atoms with Crippen LogP contribution in [0.3, 0.4) is 0 Å². The van der Waals surface area contributed by atoms with Crippen molar-refractivity contribution in [3.05, 3.63) is 66.7 Å². The minimum atomic E-state index is 0.692. The maximum absolute atomic E-state index is 5.93. The fourth-order valence-electron chi connectivity index (χ4n) is 2.52. The standard InChI is InChI=1S/C20H21NO2/c1-22-18-12-10-17(11-13-18)21-14-5-15-23-20-9-4-7-16-6-2-3-8-19(16)20/h2-4,6-13,21H,5,14-15H2,1H3. The number of fused-ring (bicyclic) bond motifs is 1. The van der Waals surface area contributed by atoms with Crippen LogP contribution in [0.15, 0.2) is 66.7 Å². The molecule has 0 spiro atoms. The lowest BCUT2D eigenvalue weighted by Gasteiger charge is -2.10. The molecule has 118 valence electrons. The Bertz CT molecular complexity index is 748. The first kappa shape index (κ1) is 15.2. The summed E-state index contributed by atoms with van der Waals surface area (Å²) in [7, 11) is 1.67. The molecule has 0 heterocycles. The average molecular weight is 307 g/mol. The Morgan fingerprint density at radius 2 is 1.65 bits per heavy atom. The smallest absolute Gasteiger partial charge is 0.127 e. The second-order valence-corrected chi connectivity index (χ2v) is 5.33. The van der Waals surface area contributed by atoms with Crippen LogP contribution in [0, 0.1) is 0 Å². The summed E-state index contributed by atoms with van der Waals surface area (Å²) in [6.07, 6.45) is 0.940. The number of rotatable bonds is 7. The van der Waals surface area contributed by atoms with Crippen LogP contribution < -0.4 is 14.8 Å². The quantitative estimate of drug-likeness (QED) is 0.640. The molecule has 0 saturated heterocycles. The van der Waals surface area contributed by atoms with Crippen LogP contribution in [0.2, 0.25) is 0 Å². The zero-order valence-corrected chi connectivity index (χ0v) is 13.3. The van der Waals surface area contributed by atoms with Gasteiger partial charge in [-0.15, -0.1) is 0 Å². The van der Waals surface area contributed by atoms with E-state index in [9.17, 15) is 0 Å². The molecular formula is C20H21NO2. The fourth-order valence-corrected chi connectivity index (χ4v) is 2.52. The van der Waals surface area contributed by atoms with Gasteiger partial charge in [-0.2, -0.15) is 0 Å². The predicted octanol–water partition coefficient (Wildman–Crippen LogP) is 4.73. The van der Waals surface area contributed by atoms with E-state index in [1.54, 1.807) is 7.11 Å². The summed E-state index contributed by atoms with van der Waals surface area (Å²) in [6.45, 7) is 1.56. The number of nitrogens with one attached hydrogen (secondary N) is 1. The molecule has 0 bridgehead atoms. The summed E-state index contributed by atoms with van der Waals surface area (Å²) in [4.78, 5) is 0. The number of anilines is 1. The Morgan fingerprint density at radius 3 is 2.48 bits per heavy atom. The number of hydrogen-bond donors (Lipinski definition) is 1. The third kappa shape index (κ3) is 3.95. The largest absolute Gasteiger partial charge is 0.497 e. The van der Waals surface area contributed by atoms with Crippen LogP contribution in [-0.2, 0) is 0 Å². The Balaban J connectivity index is 1.47. The van der Waals surface area contributed by atoms with Crippen molar-refractivity contribution in [2.75, 3.05) is 25.6 Å². The van der Waals surface area contributed by atoms with Crippen molar-refractivity contribution in [2.24, 2.45) is 0 Å². The van der Waals surface area contributed by atoms with Crippen LogP contribution >= 0.6 is 0 Å². The van der Waals surface area contributed by atoms with E-state index < -0.39 is 0 Å². The van der Waals surface area contributed by atoms with E-state index in [0.29, 0.717) is 6.61 Å². The molecule has 0 aromatic heterocycles. The SMILES string of the molecule is COc1ccc(NCCCOc2cccc3ccccc23)cc1. The van der Waals surface area contributed by atoms with Gasteiger partial charge < -0.3 is 14.8 Å². The molecule has 3 nitrogen and oxygen atoms in total. The van der Waals surface area contributed by atoms with Gasteiger partial charge in [0.25, 0.3) is 0 Å². The first-order valence-corrected chi connectivity index (χ1v) is 7.85. The van der Waals surface area contributed by atoms with Crippen LogP contribution in [0.4, 0.5) is 5.69 Å². The number of methoxy groups -OCH3 is 1. The normalized spacial score (nSPS) is 10.5. The highest BCUT2D eigenvalue weighted by Crippen LogP contribution is 2.25. The molecule has 0 aliphatic heterocycles. The van der Waals surface area contributed by atoms with Crippen molar-refractivity contribution in [3.8, 4) is 11.5 Å². The molecule has 0 atom stereocenters. The average Bonchev–Trinajstić information content (AvgIpc) is 2.62. The molecule has 3 aromatic carbocycles. The number of ether oxygens (including phenoxy) is 2. The van der Waals surface area contributed by atoms with Gasteiger partial charge >= 0.3 is 0 Å². The maximum atomic E-state index is 5.93. The van der Waals surface area contributed by atoms with Crippen LogP contribution in [0.5, 0.6) is 11.5 Å². The zero-order valence-electron chi connectivity index (χ0n) is 13.3. The molecule has 3 aromatic rings. The van der Waals surface area contributed by atoms with Crippen molar-refractivity contribution in [1.82, 2.24) is 0 Å². The molecule has 0 radical (unpaired) electrons. The topological polar surface area (TPSA) is 30.5 Å². The summed E-state index contributed by atoms with van der Waals surface area (Å²) in [6, 6.07) is 22.4. The van der Waals surface area contributed by atoms with E-state index in [0.717, 1.165) is 35.5 Å². The summed E-state index contributed by atoms with van der Waals surface area (Å²) in [5, 5.41) is 5.76. The third-order valence-corrected chi connectivity index (χ3v) is 3.75. The van der Waals surface area contributed by atoms with E-state index in [2.05, 4.69) is 23.5 Å². The molecule has 0 aliphatic rings. The maximum Gasteiger partial charge on any atom is 0.127 e. The van der Waals surface area contributed by atoms with E-state index in [4.69, 9.17) is 9.47 Å². The molecule has 3 heteroatoms. The van der Waals surface area contributed by atoms with Gasteiger partial charge in [0.15, 0.2) is 0 Å². The van der Waals surface area contributed by atoms with Gasteiger partial charge in [0.1, 0.15) is 11.5 Å². The Hall–Kier alpha value is -2.68. The van der Waals surface area contributed by atoms with E-state index >= 15 is 0 Å². The third-order valence-electron chi connectivity index (χ3n) is 3.75. The van der Waals surface area contributed by atoms with E-state index in [1.165, 1.54) is 5.39 Å². The highest BCUT2D eigenvalue weighted by Gasteiger charge is 2.00. The van der Waals surface area contributed by atoms with E-state index in [-0.39, 0.29) is 0 Å².